The van der Waals surface area contributed by atoms with Gasteiger partial charge in [-0.3, -0.25) is 67.9 Å². The first kappa shape index (κ1) is 110. The van der Waals surface area contributed by atoms with Crippen LogP contribution in [0, 0.1) is 0 Å². The van der Waals surface area contributed by atoms with Gasteiger partial charge in [-0.05, 0) is 27.7 Å². The fraction of sp³-hybridized carbons (Fsp3) is 1.00. The topological polar surface area (TPSA) is 316 Å². The SMILES string of the molecule is CCOP(=O)(OCC(F)(F)F)OCC(F)(F)OC(F)(F)C(F)(F)OC.CCOP(=O)(OCC)OCC(F)(F)OC(F)(F)C(F)(F)OC.COC(F)(F)C(F)(F)OC(F)(F)COP(=O)(OC)OC.COC(F)(F)C(F)(F)OC(F)(F)COP1(=O)OCC(C)O1.COC(F)(F)C(F)(F)OC(F)(F)COP1(=O)OCCO1. The van der Waals surface area contributed by atoms with Crippen molar-refractivity contribution in [2.24, 2.45) is 0 Å². The van der Waals surface area contributed by atoms with Crippen LogP contribution in [0.1, 0.15) is 27.7 Å². The van der Waals surface area contributed by atoms with Crippen molar-refractivity contribution in [3.05, 3.63) is 0 Å². The number of phosphoric acid groups is 5. The smallest absolute Gasteiger partial charge is 0.317 e. The zero-order valence-electron chi connectivity index (χ0n) is 55.0. The number of alkyl halides is 33. The highest BCUT2D eigenvalue weighted by Gasteiger charge is 2.68. The molecule has 0 N–H and O–H groups in total. The van der Waals surface area contributed by atoms with E-state index in [0.717, 1.165) is 21.1 Å². The van der Waals surface area contributed by atoms with Gasteiger partial charge in [-0.15, -0.1) is 0 Å². The number of hydrogen-bond donors (Lipinski definition) is 0. The summed E-state index contributed by atoms with van der Waals surface area (Å²) in [7, 11) is -20.5. The lowest BCUT2D eigenvalue weighted by molar-refractivity contribution is -0.479. The van der Waals surface area contributed by atoms with Crippen molar-refractivity contribution >= 4 is 39.1 Å². The first-order valence-corrected chi connectivity index (χ1v) is 33.8. The first-order valence-electron chi connectivity index (χ1n) is 26.5. The summed E-state index contributed by atoms with van der Waals surface area (Å²) in [6, 6.07) is 0. The number of ether oxygens (including phenoxy) is 10. The molecule has 0 radical (unpaired) electrons. The lowest BCUT2D eigenvalue weighted by Crippen LogP contribution is -2.49. The van der Waals surface area contributed by atoms with Crippen LogP contribution in [0.25, 0.3) is 0 Å². The molecule has 0 aliphatic carbocycles. The largest absolute Gasteiger partial charge is 0.475 e. The zero-order valence-corrected chi connectivity index (χ0v) is 59.5. The average Bonchev–Trinajstić information content (AvgIpc) is 1.14. The molecule has 3 atom stereocenters. The number of hydrogen-bond acceptors (Lipinski definition) is 30. The number of phosphoric ester groups is 5. The molecule has 0 aromatic carbocycles. The lowest BCUT2D eigenvalue weighted by Gasteiger charge is -2.28. The third-order valence-electron chi connectivity index (χ3n) is 9.37. The number of halogens is 33. The molecule has 2 aliphatic rings. The highest BCUT2D eigenvalue weighted by molar-refractivity contribution is 7.49. The van der Waals surface area contributed by atoms with Gasteiger partial charge in [0.05, 0.1) is 45.7 Å². The Kier molecular flexibility index (Phi) is 42.9. The first-order chi connectivity index (χ1) is 47.9. The predicted octanol–water partition coefficient (Wildman–Crippen LogP) is 16.2. The van der Waals surface area contributed by atoms with Crippen molar-refractivity contribution in [2.45, 2.75) is 132 Å². The minimum Gasteiger partial charge on any atom is -0.317 e. The van der Waals surface area contributed by atoms with Crippen LogP contribution in [0.5, 0.6) is 0 Å². The maximum Gasteiger partial charge on any atom is 0.475 e. The van der Waals surface area contributed by atoms with Crippen LogP contribution in [0.2, 0.25) is 0 Å². The van der Waals surface area contributed by atoms with Gasteiger partial charge in [0.25, 0.3) is 0 Å². The molecular weight excluding hydrogens is 1740 g/mol. The maximum absolute atomic E-state index is 13.2. The van der Waals surface area contributed by atoms with Gasteiger partial charge in [0.1, 0.15) is 33.0 Å². The summed E-state index contributed by atoms with van der Waals surface area (Å²) in [4.78, 5) is 0. The summed E-state index contributed by atoms with van der Waals surface area (Å²) in [6.45, 7) is -9.67. The summed E-state index contributed by atoms with van der Waals surface area (Å²) in [6.07, 6.45) is -85.7. The molecule has 2 aliphatic heterocycles. The fourth-order valence-corrected chi connectivity index (χ4v) is 10.2. The van der Waals surface area contributed by atoms with Gasteiger partial charge in [0.15, 0.2) is 6.61 Å². The monoisotopic (exact) mass is 1800 g/mol. The van der Waals surface area contributed by atoms with E-state index in [9.17, 15) is 168 Å². The van der Waals surface area contributed by atoms with Gasteiger partial charge in [0, 0.05) is 49.8 Å². The highest BCUT2D eigenvalue weighted by atomic mass is 31.2. The second-order valence-corrected chi connectivity index (χ2v) is 26.4. The third-order valence-corrected chi connectivity index (χ3v) is 16.7. The Balaban J connectivity index is -0.00000128. The van der Waals surface area contributed by atoms with E-state index in [-0.39, 0.29) is 68.6 Å². The molecule has 0 aromatic rings. The van der Waals surface area contributed by atoms with Gasteiger partial charge in [-0.25, -0.2) is 46.5 Å². The van der Waals surface area contributed by atoms with Crippen LogP contribution in [0.4, 0.5) is 145 Å². The maximum atomic E-state index is 13.2. The van der Waals surface area contributed by atoms with Crippen LogP contribution in [-0.2, 0) is 138 Å². The Morgan fingerprint density at radius 3 is 0.750 bits per heavy atom. The summed E-state index contributed by atoms with van der Waals surface area (Å²) >= 11 is 0. The van der Waals surface area contributed by atoms with Gasteiger partial charge in [-0.2, -0.15) is 145 Å². The van der Waals surface area contributed by atoms with Crippen LogP contribution in [-0.4, -0.2) is 233 Å². The van der Waals surface area contributed by atoms with Gasteiger partial charge in [0.2, 0.25) is 0 Å². The van der Waals surface area contributed by atoms with Crippen LogP contribution in [0.15, 0.2) is 0 Å². The molecule has 68 heteroatoms. The molecular formula is C40H58F33O30P5. The molecule has 2 heterocycles. The van der Waals surface area contributed by atoms with E-state index in [2.05, 4.69) is 115 Å². The van der Waals surface area contributed by atoms with Crippen molar-refractivity contribution in [3.8, 4) is 0 Å². The quantitative estimate of drug-likeness (QED) is 0.0404. The molecule has 654 valence electrons. The minimum absolute atomic E-state index is 0.0696. The summed E-state index contributed by atoms with van der Waals surface area (Å²) in [5, 5.41) is 0. The molecule has 2 fully saturated rings. The van der Waals surface area contributed by atoms with Crippen molar-refractivity contribution in [1.29, 1.82) is 0 Å². The second-order valence-electron chi connectivity index (χ2n) is 17.9. The zero-order chi connectivity index (χ0) is 86.2. The van der Waals surface area contributed by atoms with E-state index in [1.807, 2.05) is 0 Å². The molecule has 108 heavy (non-hydrogen) atoms. The van der Waals surface area contributed by atoms with Crippen LogP contribution < -0.4 is 0 Å². The predicted molar refractivity (Wildman–Crippen MR) is 272 cm³/mol. The van der Waals surface area contributed by atoms with Crippen LogP contribution in [0.3, 0.4) is 0 Å². The highest BCUT2D eigenvalue weighted by Crippen LogP contribution is 2.58. The molecule has 0 amide bonds. The molecule has 0 aromatic heterocycles. The Hall–Kier alpha value is -2.16. The van der Waals surface area contributed by atoms with Crippen molar-refractivity contribution in [2.75, 3.05) is 129 Å². The second kappa shape index (κ2) is 42.1. The summed E-state index contributed by atoms with van der Waals surface area (Å²) in [5.41, 5.74) is 0. The molecule has 2 saturated heterocycles. The average molecular weight is 1800 g/mol. The molecule has 30 nitrogen and oxygen atoms in total. The Labute approximate surface area is 582 Å². The lowest BCUT2D eigenvalue weighted by atomic mass is 10.5. The van der Waals surface area contributed by atoms with Gasteiger partial charge in [-0.1, -0.05) is 0 Å². The van der Waals surface area contributed by atoms with E-state index < -0.39 is 189 Å². The van der Waals surface area contributed by atoms with Gasteiger partial charge >= 0.3 is 137 Å². The number of rotatable bonds is 45. The standard InChI is InChI=1S/C9H12F9O6P.C9H15F6O6P.C8H11F6O6P.C7H9F6O6P.C7H11F6O6P/c1-3-21-25(19,22-4-6(10,11)12)23-5-7(13,14)24-9(17,18)8(15,16)20-2;1-4-18-22(16,19-5-2)20-6-7(10,11)21-9(14,15)8(12,13)17-3;1-5-3-17-21(15,19-5)18-4-6(9,10)20-8(13,14)7(11,12)16-2;1-15-6(10,11)7(12,13)19-5(8,9)4-18-20(14)16-2-3-17-20;1-15-6(10,11)7(12,13)19-5(8,9)4-18-20(14,16-2)17-3/h3-5H2,1-2H3;4-6H2,1-3H3;5H,3-4H2,1-2H3;2-4H2,1H3;4H2,1-3H3. The van der Waals surface area contributed by atoms with E-state index in [1.54, 1.807) is 0 Å². The normalized spacial score (nSPS) is 18.8. The fourth-order valence-electron chi connectivity index (χ4n) is 4.73. The molecule has 2 rings (SSSR count). The van der Waals surface area contributed by atoms with Crippen molar-refractivity contribution in [1.82, 2.24) is 0 Å². The third kappa shape index (κ3) is 39.0. The number of methoxy groups -OCH3 is 5. The van der Waals surface area contributed by atoms with Crippen molar-refractivity contribution < 1.29 is 283 Å². The Morgan fingerprint density at radius 1 is 0.315 bits per heavy atom. The summed E-state index contributed by atoms with van der Waals surface area (Å²) < 4.78 is 568. The Morgan fingerprint density at radius 2 is 0.537 bits per heavy atom. The molecule has 0 bridgehead atoms. The minimum atomic E-state index is -5.85. The van der Waals surface area contributed by atoms with E-state index in [1.165, 1.54) is 20.8 Å². The van der Waals surface area contributed by atoms with Crippen molar-refractivity contribution in [3.63, 3.8) is 0 Å². The van der Waals surface area contributed by atoms with Gasteiger partial charge < -0.3 is 23.7 Å². The summed E-state index contributed by atoms with van der Waals surface area (Å²) in [5.74, 6) is 0. The molecule has 3 unspecified atom stereocenters. The van der Waals surface area contributed by atoms with Crippen LogP contribution >= 0.6 is 39.1 Å². The van der Waals surface area contributed by atoms with E-state index in [0.29, 0.717) is 0 Å². The van der Waals surface area contributed by atoms with E-state index in [4.69, 9.17) is 0 Å². The van der Waals surface area contributed by atoms with E-state index >= 15 is 0 Å². The molecule has 0 spiro atoms. The molecule has 0 saturated carbocycles. The Bertz CT molecular complexity index is 2820.